The van der Waals surface area contributed by atoms with Gasteiger partial charge in [0.15, 0.2) is 0 Å². The van der Waals surface area contributed by atoms with Gasteiger partial charge >= 0.3 is 0 Å². The maximum absolute atomic E-state index is 5.61. The number of rotatable bonds is 6. The van der Waals surface area contributed by atoms with E-state index in [0.29, 0.717) is 12.0 Å². The summed E-state index contributed by atoms with van der Waals surface area (Å²) >= 11 is 0. The average Bonchev–Trinajstić information content (AvgIpc) is 2.69. The van der Waals surface area contributed by atoms with Gasteiger partial charge < -0.3 is 10.1 Å². The van der Waals surface area contributed by atoms with Crippen molar-refractivity contribution >= 4 is 0 Å². The van der Waals surface area contributed by atoms with Gasteiger partial charge in [-0.25, -0.2) is 0 Å². The highest BCUT2D eigenvalue weighted by atomic mass is 16.5. The Bertz CT molecular complexity index is 421. The molecule has 118 valence electrons. The van der Waals surface area contributed by atoms with Crippen LogP contribution in [-0.2, 0) is 0 Å². The summed E-state index contributed by atoms with van der Waals surface area (Å²) in [6.45, 7) is 5.61. The second kappa shape index (κ2) is 8.40. The van der Waals surface area contributed by atoms with Gasteiger partial charge in [0.2, 0.25) is 0 Å². The first-order valence-electron chi connectivity index (χ1n) is 8.31. The first-order valence-corrected chi connectivity index (χ1v) is 8.31. The molecule has 0 aromatic heterocycles. The second-order valence-corrected chi connectivity index (χ2v) is 6.13. The molecule has 1 aromatic rings. The third kappa shape index (κ3) is 4.21. The minimum atomic E-state index is 0.452. The molecule has 3 nitrogen and oxygen atoms in total. The Kier molecular flexibility index (Phi) is 6.52. The molecule has 1 heterocycles. The fourth-order valence-electron chi connectivity index (χ4n) is 3.50. The standard InChI is InChI=1S/C18H30N2O/c1-4-12-19-14-15-9-7-8-13-20(2)18(15)16-10-5-6-11-17(16)21-3/h5-6,10-11,15,18-19H,4,7-9,12-14H2,1-3H3. The van der Waals surface area contributed by atoms with Crippen molar-refractivity contribution in [1.29, 1.82) is 0 Å². The molecule has 2 unspecified atom stereocenters. The molecule has 1 aliphatic heterocycles. The van der Waals surface area contributed by atoms with Gasteiger partial charge in [-0.2, -0.15) is 0 Å². The summed E-state index contributed by atoms with van der Waals surface area (Å²) in [6.07, 6.45) is 5.12. The molecule has 0 spiro atoms. The van der Waals surface area contributed by atoms with E-state index in [4.69, 9.17) is 4.74 Å². The van der Waals surface area contributed by atoms with Crippen LogP contribution in [0, 0.1) is 5.92 Å². The largest absolute Gasteiger partial charge is 0.496 e. The van der Waals surface area contributed by atoms with E-state index >= 15 is 0 Å². The predicted octanol–water partition coefficient (Wildman–Crippen LogP) is 3.47. The Labute approximate surface area is 129 Å². The third-order valence-corrected chi connectivity index (χ3v) is 4.55. The lowest BCUT2D eigenvalue weighted by atomic mass is 9.88. The molecule has 1 N–H and O–H groups in total. The van der Waals surface area contributed by atoms with E-state index in [1.807, 2.05) is 0 Å². The first-order chi connectivity index (χ1) is 10.3. The normalized spacial score (nSPS) is 23.8. The predicted molar refractivity (Wildman–Crippen MR) is 88.9 cm³/mol. The molecule has 0 aliphatic carbocycles. The smallest absolute Gasteiger partial charge is 0.123 e. The summed E-state index contributed by atoms with van der Waals surface area (Å²) < 4.78 is 5.61. The SMILES string of the molecule is CCCNCC1CCCCN(C)C1c1ccccc1OC. The Morgan fingerprint density at radius 2 is 2.10 bits per heavy atom. The van der Waals surface area contributed by atoms with Gasteiger partial charge in [0, 0.05) is 11.6 Å². The fourth-order valence-corrected chi connectivity index (χ4v) is 3.50. The highest BCUT2D eigenvalue weighted by molar-refractivity contribution is 5.36. The minimum Gasteiger partial charge on any atom is -0.496 e. The first kappa shape index (κ1) is 16.3. The van der Waals surface area contributed by atoms with E-state index in [-0.39, 0.29) is 0 Å². The van der Waals surface area contributed by atoms with Crippen LogP contribution < -0.4 is 10.1 Å². The number of nitrogens with zero attached hydrogens (tertiary/aromatic N) is 1. The quantitative estimate of drug-likeness (QED) is 0.812. The van der Waals surface area contributed by atoms with Crippen molar-refractivity contribution < 1.29 is 4.74 Å². The molecule has 2 rings (SSSR count). The summed E-state index contributed by atoms with van der Waals surface area (Å²) in [5.74, 6) is 1.68. The van der Waals surface area contributed by atoms with Crippen molar-refractivity contribution in [3.05, 3.63) is 29.8 Å². The number of nitrogens with one attached hydrogen (secondary N) is 1. The second-order valence-electron chi connectivity index (χ2n) is 6.13. The van der Waals surface area contributed by atoms with E-state index in [1.165, 1.54) is 37.8 Å². The lowest BCUT2D eigenvalue weighted by Gasteiger charge is -2.34. The van der Waals surface area contributed by atoms with Crippen molar-refractivity contribution in [2.24, 2.45) is 5.92 Å². The molecule has 2 atom stereocenters. The fraction of sp³-hybridized carbons (Fsp3) is 0.667. The summed E-state index contributed by atoms with van der Waals surface area (Å²) in [7, 11) is 4.04. The molecule has 0 bridgehead atoms. The number of para-hydroxylation sites is 1. The third-order valence-electron chi connectivity index (χ3n) is 4.55. The van der Waals surface area contributed by atoms with Gasteiger partial charge in [0.25, 0.3) is 0 Å². The monoisotopic (exact) mass is 290 g/mol. The molecule has 21 heavy (non-hydrogen) atoms. The number of hydrogen-bond acceptors (Lipinski definition) is 3. The highest BCUT2D eigenvalue weighted by Gasteiger charge is 2.30. The van der Waals surface area contributed by atoms with Gasteiger partial charge in [-0.15, -0.1) is 0 Å². The highest BCUT2D eigenvalue weighted by Crippen LogP contribution is 2.38. The van der Waals surface area contributed by atoms with Crippen molar-refractivity contribution in [2.75, 3.05) is 33.8 Å². The average molecular weight is 290 g/mol. The number of methoxy groups -OCH3 is 1. The minimum absolute atomic E-state index is 0.452. The summed E-state index contributed by atoms with van der Waals surface area (Å²) in [5, 5.41) is 3.62. The summed E-state index contributed by atoms with van der Waals surface area (Å²) in [6, 6.07) is 8.96. The van der Waals surface area contributed by atoms with Gasteiger partial charge in [-0.3, -0.25) is 4.90 Å². The molecule has 1 saturated heterocycles. The van der Waals surface area contributed by atoms with Gasteiger partial charge in [0.1, 0.15) is 5.75 Å². The summed E-state index contributed by atoms with van der Waals surface area (Å²) in [4.78, 5) is 2.52. The molecular weight excluding hydrogens is 260 g/mol. The van der Waals surface area contributed by atoms with Crippen molar-refractivity contribution in [3.63, 3.8) is 0 Å². The molecule has 3 heteroatoms. The van der Waals surface area contributed by atoms with Gasteiger partial charge in [-0.05, 0) is 57.9 Å². The molecule has 1 aliphatic rings. The molecule has 1 fully saturated rings. The van der Waals surface area contributed by atoms with Crippen LogP contribution in [0.2, 0.25) is 0 Å². The number of ether oxygens (including phenoxy) is 1. The van der Waals surface area contributed by atoms with Crippen molar-refractivity contribution in [1.82, 2.24) is 10.2 Å². The van der Waals surface area contributed by atoms with E-state index in [0.717, 1.165) is 18.8 Å². The van der Waals surface area contributed by atoms with Crippen LogP contribution in [0.15, 0.2) is 24.3 Å². The zero-order valence-corrected chi connectivity index (χ0v) is 13.8. The van der Waals surface area contributed by atoms with E-state index in [2.05, 4.69) is 48.5 Å². The van der Waals surface area contributed by atoms with Crippen molar-refractivity contribution in [3.8, 4) is 5.75 Å². The van der Waals surface area contributed by atoms with Gasteiger partial charge in [0.05, 0.1) is 7.11 Å². The molecule has 0 radical (unpaired) electrons. The van der Waals surface area contributed by atoms with Crippen LogP contribution in [-0.4, -0.2) is 38.7 Å². The lowest BCUT2D eigenvalue weighted by Crippen LogP contribution is -2.35. The van der Waals surface area contributed by atoms with E-state index < -0.39 is 0 Å². The van der Waals surface area contributed by atoms with E-state index in [1.54, 1.807) is 7.11 Å². The van der Waals surface area contributed by atoms with Crippen LogP contribution >= 0.6 is 0 Å². The zero-order chi connectivity index (χ0) is 15.1. The Morgan fingerprint density at radius 3 is 2.86 bits per heavy atom. The summed E-state index contributed by atoms with van der Waals surface area (Å²) in [5.41, 5.74) is 1.34. The van der Waals surface area contributed by atoms with E-state index in [9.17, 15) is 0 Å². The number of benzene rings is 1. The van der Waals surface area contributed by atoms with Crippen LogP contribution in [0.5, 0.6) is 5.75 Å². The zero-order valence-electron chi connectivity index (χ0n) is 13.8. The maximum atomic E-state index is 5.61. The molecular formula is C18H30N2O. The Balaban J connectivity index is 2.23. The van der Waals surface area contributed by atoms with Crippen LogP contribution in [0.3, 0.4) is 0 Å². The number of hydrogen-bond donors (Lipinski definition) is 1. The Morgan fingerprint density at radius 1 is 1.29 bits per heavy atom. The molecule has 1 aromatic carbocycles. The van der Waals surface area contributed by atoms with Crippen molar-refractivity contribution in [2.45, 2.75) is 38.6 Å². The van der Waals surface area contributed by atoms with Crippen LogP contribution in [0.4, 0.5) is 0 Å². The Hall–Kier alpha value is -1.06. The van der Waals surface area contributed by atoms with Gasteiger partial charge in [-0.1, -0.05) is 31.5 Å². The topological polar surface area (TPSA) is 24.5 Å². The number of likely N-dealkylation sites (tertiary alicyclic amines) is 1. The maximum Gasteiger partial charge on any atom is 0.123 e. The molecule has 0 saturated carbocycles. The lowest BCUT2D eigenvalue weighted by molar-refractivity contribution is 0.185. The van der Waals surface area contributed by atoms with Crippen LogP contribution in [0.25, 0.3) is 0 Å². The van der Waals surface area contributed by atoms with Crippen LogP contribution in [0.1, 0.15) is 44.2 Å². The molecule has 0 amide bonds.